The lowest BCUT2D eigenvalue weighted by Gasteiger charge is -2.27. The van der Waals surface area contributed by atoms with E-state index in [1.54, 1.807) is 0 Å². The molecule has 0 bridgehead atoms. The summed E-state index contributed by atoms with van der Waals surface area (Å²) < 4.78 is 5.36. The number of morpholine rings is 1. The molecule has 0 saturated carbocycles. The van der Waals surface area contributed by atoms with Gasteiger partial charge in [0.25, 0.3) is 0 Å². The minimum atomic E-state index is -0.119. The third-order valence-corrected chi connectivity index (χ3v) is 4.00. The van der Waals surface area contributed by atoms with Crippen LogP contribution in [0.4, 0.5) is 0 Å². The van der Waals surface area contributed by atoms with Gasteiger partial charge in [0.2, 0.25) is 11.8 Å². The van der Waals surface area contributed by atoms with Crippen LogP contribution in [0.25, 0.3) is 0 Å². The van der Waals surface area contributed by atoms with Crippen molar-refractivity contribution in [1.29, 1.82) is 0 Å². The molecule has 2 fully saturated rings. The van der Waals surface area contributed by atoms with Gasteiger partial charge in [0, 0.05) is 19.1 Å². The molecule has 1 N–H and O–H groups in total. The Morgan fingerprint density at radius 2 is 1.89 bits per heavy atom. The number of fused-ring (bicyclic) bond motifs is 1. The van der Waals surface area contributed by atoms with E-state index in [2.05, 4.69) is 5.32 Å². The van der Waals surface area contributed by atoms with Crippen molar-refractivity contribution in [3.05, 3.63) is 12.2 Å². The fourth-order valence-corrected chi connectivity index (χ4v) is 3.01. The summed E-state index contributed by atoms with van der Waals surface area (Å²) in [4.78, 5) is 25.9. The van der Waals surface area contributed by atoms with E-state index in [-0.39, 0.29) is 29.7 Å². The van der Waals surface area contributed by atoms with E-state index < -0.39 is 0 Å². The molecule has 0 aromatic rings. The Morgan fingerprint density at radius 1 is 1.22 bits per heavy atom. The van der Waals surface area contributed by atoms with Crippen molar-refractivity contribution in [2.45, 2.75) is 18.9 Å². The number of likely N-dealkylation sites (tertiary alicyclic amines) is 1. The molecule has 3 aliphatic rings. The predicted molar refractivity (Wildman–Crippen MR) is 64.7 cm³/mol. The average molecular weight is 250 g/mol. The molecule has 0 aromatic heterocycles. The zero-order valence-electron chi connectivity index (χ0n) is 10.3. The molecule has 2 aliphatic heterocycles. The van der Waals surface area contributed by atoms with Crippen LogP contribution < -0.4 is 5.32 Å². The Kier molecular flexibility index (Phi) is 3.18. The third-order valence-electron chi connectivity index (χ3n) is 4.00. The van der Waals surface area contributed by atoms with Crippen molar-refractivity contribution in [2.75, 3.05) is 26.3 Å². The van der Waals surface area contributed by atoms with Crippen molar-refractivity contribution < 1.29 is 14.3 Å². The molecule has 0 radical (unpaired) electrons. The lowest BCUT2D eigenvalue weighted by atomic mass is 9.85. The number of ether oxygens (including phenoxy) is 1. The standard InChI is InChI=1S/C13H18N2O3/c16-12-10-3-1-2-4-11(10)13(17)15(12)7-9-8-18-6-5-14-9/h1-2,9-11,14H,3-8H2/t9?,10-,11+. The number of hydrogen-bond donors (Lipinski definition) is 1. The molecule has 18 heavy (non-hydrogen) atoms. The molecule has 2 saturated heterocycles. The van der Waals surface area contributed by atoms with E-state index >= 15 is 0 Å². The quantitative estimate of drug-likeness (QED) is 0.550. The van der Waals surface area contributed by atoms with Gasteiger partial charge < -0.3 is 10.1 Å². The minimum Gasteiger partial charge on any atom is -0.378 e. The van der Waals surface area contributed by atoms with E-state index in [0.29, 0.717) is 32.6 Å². The molecule has 2 amide bonds. The smallest absolute Gasteiger partial charge is 0.233 e. The molecular formula is C13H18N2O3. The minimum absolute atomic E-state index is 0.00160. The van der Waals surface area contributed by atoms with Gasteiger partial charge in [-0.3, -0.25) is 14.5 Å². The first-order valence-corrected chi connectivity index (χ1v) is 6.58. The highest BCUT2D eigenvalue weighted by atomic mass is 16.5. The molecule has 3 atom stereocenters. The van der Waals surface area contributed by atoms with Gasteiger partial charge in [-0.2, -0.15) is 0 Å². The fourth-order valence-electron chi connectivity index (χ4n) is 3.01. The molecule has 3 rings (SSSR count). The molecule has 98 valence electrons. The van der Waals surface area contributed by atoms with Gasteiger partial charge >= 0.3 is 0 Å². The summed E-state index contributed by atoms with van der Waals surface area (Å²) in [5, 5.41) is 3.28. The van der Waals surface area contributed by atoms with Crippen LogP contribution in [0.3, 0.4) is 0 Å². The second-order valence-electron chi connectivity index (χ2n) is 5.17. The van der Waals surface area contributed by atoms with Crippen LogP contribution in [-0.2, 0) is 14.3 Å². The third kappa shape index (κ3) is 1.97. The van der Waals surface area contributed by atoms with Crippen LogP contribution >= 0.6 is 0 Å². The highest BCUT2D eigenvalue weighted by Gasteiger charge is 2.47. The van der Waals surface area contributed by atoms with E-state index in [0.717, 1.165) is 6.54 Å². The van der Waals surface area contributed by atoms with Crippen LogP contribution in [0.1, 0.15) is 12.8 Å². The number of carbonyl (C=O) groups excluding carboxylic acids is 2. The van der Waals surface area contributed by atoms with Gasteiger partial charge in [-0.15, -0.1) is 0 Å². The number of nitrogens with one attached hydrogen (secondary N) is 1. The maximum absolute atomic E-state index is 12.2. The van der Waals surface area contributed by atoms with Crippen molar-refractivity contribution in [2.24, 2.45) is 11.8 Å². The van der Waals surface area contributed by atoms with Gasteiger partial charge in [-0.1, -0.05) is 12.2 Å². The first-order valence-electron chi connectivity index (χ1n) is 6.58. The fraction of sp³-hybridized carbons (Fsp3) is 0.692. The van der Waals surface area contributed by atoms with Crippen LogP contribution in [-0.4, -0.2) is 49.1 Å². The summed E-state index contributed by atoms with van der Waals surface area (Å²) in [6.45, 7) is 2.51. The molecule has 5 nitrogen and oxygen atoms in total. The number of nitrogens with zero attached hydrogens (tertiary/aromatic N) is 1. The Bertz CT molecular complexity index is 362. The Hall–Kier alpha value is -1.20. The van der Waals surface area contributed by atoms with Gasteiger partial charge in [0.1, 0.15) is 0 Å². The summed E-state index contributed by atoms with van der Waals surface area (Å²) in [6.07, 6.45) is 5.44. The zero-order valence-corrected chi connectivity index (χ0v) is 10.3. The van der Waals surface area contributed by atoms with Crippen molar-refractivity contribution in [3.63, 3.8) is 0 Å². The zero-order chi connectivity index (χ0) is 12.5. The van der Waals surface area contributed by atoms with E-state index in [9.17, 15) is 9.59 Å². The Balaban J connectivity index is 1.69. The van der Waals surface area contributed by atoms with Gasteiger partial charge in [0.05, 0.1) is 25.0 Å². The molecule has 1 aliphatic carbocycles. The second-order valence-corrected chi connectivity index (χ2v) is 5.17. The first kappa shape index (κ1) is 11.9. The summed E-state index contributed by atoms with van der Waals surface area (Å²) in [5.74, 6) is -0.234. The van der Waals surface area contributed by atoms with Crippen molar-refractivity contribution in [1.82, 2.24) is 10.2 Å². The largest absolute Gasteiger partial charge is 0.378 e. The topological polar surface area (TPSA) is 58.6 Å². The molecular weight excluding hydrogens is 232 g/mol. The highest BCUT2D eigenvalue weighted by Crippen LogP contribution is 2.35. The Labute approximate surface area is 106 Å². The summed E-state index contributed by atoms with van der Waals surface area (Å²) in [6, 6.07) is 0.0831. The van der Waals surface area contributed by atoms with E-state index in [1.165, 1.54) is 4.90 Å². The van der Waals surface area contributed by atoms with Crippen LogP contribution in [0.2, 0.25) is 0 Å². The second kappa shape index (κ2) is 4.82. The molecule has 5 heteroatoms. The van der Waals surface area contributed by atoms with Gasteiger partial charge in [0.15, 0.2) is 0 Å². The average Bonchev–Trinajstić information content (AvgIpc) is 2.66. The summed E-state index contributed by atoms with van der Waals surface area (Å²) >= 11 is 0. The SMILES string of the molecule is O=C1[C@H]2CC=CC[C@H]2C(=O)N1CC1COCCN1. The summed E-state index contributed by atoms with van der Waals surface area (Å²) in [5.41, 5.74) is 0. The Morgan fingerprint density at radius 3 is 2.44 bits per heavy atom. The summed E-state index contributed by atoms with van der Waals surface area (Å²) in [7, 11) is 0. The van der Waals surface area contributed by atoms with Crippen LogP contribution in [0, 0.1) is 11.8 Å². The monoisotopic (exact) mass is 250 g/mol. The first-order chi connectivity index (χ1) is 8.77. The number of hydrogen-bond acceptors (Lipinski definition) is 4. The van der Waals surface area contributed by atoms with Gasteiger partial charge in [-0.05, 0) is 12.8 Å². The van der Waals surface area contributed by atoms with E-state index in [4.69, 9.17) is 4.74 Å². The highest BCUT2D eigenvalue weighted by molar-refractivity contribution is 6.05. The van der Waals surface area contributed by atoms with Crippen LogP contribution in [0.15, 0.2) is 12.2 Å². The maximum Gasteiger partial charge on any atom is 0.233 e. The van der Waals surface area contributed by atoms with E-state index in [1.807, 2.05) is 12.2 Å². The normalized spacial score (nSPS) is 36.0. The number of carbonyl (C=O) groups is 2. The number of imide groups is 1. The maximum atomic E-state index is 12.2. The lowest BCUT2D eigenvalue weighted by molar-refractivity contribution is -0.140. The van der Waals surface area contributed by atoms with Crippen molar-refractivity contribution >= 4 is 11.8 Å². The lowest BCUT2D eigenvalue weighted by Crippen LogP contribution is -2.50. The molecule has 0 spiro atoms. The number of amides is 2. The number of allylic oxidation sites excluding steroid dienone is 2. The molecule has 2 heterocycles. The molecule has 1 unspecified atom stereocenters. The van der Waals surface area contributed by atoms with Crippen molar-refractivity contribution in [3.8, 4) is 0 Å². The van der Waals surface area contributed by atoms with Crippen LogP contribution in [0.5, 0.6) is 0 Å². The molecule has 0 aromatic carbocycles. The predicted octanol–water partition coefficient (Wildman–Crippen LogP) is -0.0740. The number of rotatable bonds is 2. The van der Waals surface area contributed by atoms with Gasteiger partial charge in [-0.25, -0.2) is 0 Å².